The zero-order valence-electron chi connectivity index (χ0n) is 14.8. The molecule has 1 aliphatic rings. The van der Waals surface area contributed by atoms with Gasteiger partial charge in [-0.15, -0.1) is 0 Å². The average molecular weight is 365 g/mol. The molecule has 0 atom stereocenters. The van der Waals surface area contributed by atoms with E-state index in [4.69, 9.17) is 0 Å². The van der Waals surface area contributed by atoms with E-state index in [1.165, 1.54) is 12.0 Å². The van der Waals surface area contributed by atoms with Crippen LogP contribution >= 0.6 is 0 Å². The highest BCUT2D eigenvalue weighted by molar-refractivity contribution is 6.09. The van der Waals surface area contributed by atoms with Gasteiger partial charge in [-0.3, -0.25) is 14.9 Å². The number of hydrogen-bond acceptors (Lipinski definition) is 4. The zero-order chi connectivity index (χ0) is 19.4. The van der Waals surface area contributed by atoms with E-state index < -0.39 is 6.09 Å². The largest absolute Gasteiger partial charge is 0.453 e. The summed E-state index contributed by atoms with van der Waals surface area (Å²) in [5.41, 5.74) is 3.16. The number of hydrogen-bond donors (Lipinski definition) is 2. The van der Waals surface area contributed by atoms with Gasteiger partial charge in [0, 0.05) is 41.2 Å². The number of ether oxygens (including phenoxy) is 1. The van der Waals surface area contributed by atoms with Crippen molar-refractivity contribution in [2.45, 2.75) is 6.42 Å². The number of nitrogens with zero attached hydrogens (tertiary/aromatic N) is 1. The maximum atomic E-state index is 12.4. The van der Waals surface area contributed by atoms with Crippen molar-refractivity contribution in [1.82, 2.24) is 4.90 Å². The standard InChI is InChI=1S/C20H19N3O4/c1-13-16-5-3-4-6-17(16)19(25)23(13)12-11-18(24)21-14-7-9-15(10-8-14)22-20(26)27-2/h3-10H,1,11-12H2,2H3,(H,21,24)(H,22,26). The second kappa shape index (κ2) is 7.74. The summed E-state index contributed by atoms with van der Waals surface area (Å²) in [6.07, 6.45) is -0.427. The first-order valence-corrected chi connectivity index (χ1v) is 8.34. The minimum atomic E-state index is -0.566. The van der Waals surface area contributed by atoms with Gasteiger partial charge in [0.05, 0.1) is 7.11 Å². The Morgan fingerprint density at radius 2 is 1.59 bits per heavy atom. The number of nitrogens with one attached hydrogen (secondary N) is 2. The van der Waals surface area contributed by atoms with Crippen molar-refractivity contribution in [1.29, 1.82) is 0 Å². The fraction of sp³-hybridized carbons (Fsp3) is 0.150. The van der Waals surface area contributed by atoms with Gasteiger partial charge in [0.25, 0.3) is 5.91 Å². The van der Waals surface area contributed by atoms with Gasteiger partial charge in [-0.05, 0) is 30.3 Å². The molecule has 27 heavy (non-hydrogen) atoms. The highest BCUT2D eigenvalue weighted by atomic mass is 16.5. The molecule has 0 unspecified atom stereocenters. The van der Waals surface area contributed by atoms with Crippen LogP contribution in [0.3, 0.4) is 0 Å². The summed E-state index contributed by atoms with van der Waals surface area (Å²) in [7, 11) is 1.28. The molecular formula is C20H19N3O4. The van der Waals surface area contributed by atoms with E-state index in [2.05, 4.69) is 21.9 Å². The number of fused-ring (bicyclic) bond motifs is 1. The average Bonchev–Trinajstić information content (AvgIpc) is 2.92. The van der Waals surface area contributed by atoms with E-state index in [9.17, 15) is 14.4 Å². The molecule has 2 aromatic rings. The third kappa shape index (κ3) is 3.98. The number of carbonyl (C=O) groups is 3. The Morgan fingerprint density at radius 3 is 2.19 bits per heavy atom. The maximum absolute atomic E-state index is 12.4. The van der Waals surface area contributed by atoms with E-state index in [1.807, 2.05) is 12.1 Å². The molecule has 1 heterocycles. The van der Waals surface area contributed by atoms with E-state index >= 15 is 0 Å². The van der Waals surface area contributed by atoms with E-state index in [-0.39, 0.29) is 24.8 Å². The second-order valence-corrected chi connectivity index (χ2v) is 5.94. The summed E-state index contributed by atoms with van der Waals surface area (Å²) in [4.78, 5) is 37.3. The van der Waals surface area contributed by atoms with Crippen LogP contribution in [0.15, 0.2) is 55.1 Å². The van der Waals surface area contributed by atoms with E-state index in [1.54, 1.807) is 36.4 Å². The van der Waals surface area contributed by atoms with Crippen LogP contribution in [-0.2, 0) is 9.53 Å². The maximum Gasteiger partial charge on any atom is 0.411 e. The van der Waals surface area contributed by atoms with Crippen molar-refractivity contribution >= 4 is 35.0 Å². The SMILES string of the molecule is C=C1c2ccccc2C(=O)N1CCC(=O)Nc1ccc(NC(=O)OC)cc1. The number of amides is 3. The second-order valence-electron chi connectivity index (χ2n) is 5.94. The molecule has 3 rings (SSSR count). The molecule has 2 aromatic carbocycles. The third-order valence-corrected chi connectivity index (χ3v) is 4.20. The lowest BCUT2D eigenvalue weighted by Gasteiger charge is -2.17. The first kappa shape index (κ1) is 18.2. The van der Waals surface area contributed by atoms with Gasteiger partial charge in [-0.25, -0.2) is 4.79 Å². The molecule has 2 N–H and O–H groups in total. The first-order valence-electron chi connectivity index (χ1n) is 8.34. The van der Waals surface area contributed by atoms with Crippen LogP contribution in [0.5, 0.6) is 0 Å². The Labute approximate surface area is 156 Å². The molecule has 0 radical (unpaired) electrons. The first-order chi connectivity index (χ1) is 13.0. The normalized spacial score (nSPS) is 12.6. The number of anilines is 2. The van der Waals surface area contributed by atoms with E-state index in [0.717, 1.165) is 5.56 Å². The van der Waals surface area contributed by atoms with Crippen LogP contribution in [-0.4, -0.2) is 36.5 Å². The molecule has 0 aliphatic carbocycles. The molecule has 0 spiro atoms. The lowest BCUT2D eigenvalue weighted by atomic mass is 10.1. The van der Waals surface area contributed by atoms with Crippen molar-refractivity contribution in [3.8, 4) is 0 Å². The minimum Gasteiger partial charge on any atom is -0.453 e. The summed E-state index contributed by atoms with van der Waals surface area (Å²) < 4.78 is 4.51. The molecule has 1 aliphatic heterocycles. The third-order valence-electron chi connectivity index (χ3n) is 4.20. The van der Waals surface area contributed by atoms with Crippen LogP contribution in [0.1, 0.15) is 22.3 Å². The quantitative estimate of drug-likeness (QED) is 0.851. The summed E-state index contributed by atoms with van der Waals surface area (Å²) in [5.74, 6) is -0.359. The van der Waals surface area contributed by atoms with Crippen LogP contribution in [0.2, 0.25) is 0 Å². The fourth-order valence-corrected chi connectivity index (χ4v) is 2.81. The number of carbonyl (C=O) groups excluding carboxylic acids is 3. The van der Waals surface area contributed by atoms with Gasteiger partial charge < -0.3 is 15.0 Å². The summed E-state index contributed by atoms with van der Waals surface area (Å²) >= 11 is 0. The molecule has 3 amide bonds. The van der Waals surface area contributed by atoms with Crippen LogP contribution in [0, 0.1) is 0 Å². The summed E-state index contributed by atoms with van der Waals surface area (Å²) in [6, 6.07) is 13.9. The van der Waals surface area contributed by atoms with Gasteiger partial charge in [0.15, 0.2) is 0 Å². The fourth-order valence-electron chi connectivity index (χ4n) is 2.81. The van der Waals surface area contributed by atoms with E-state index in [0.29, 0.717) is 22.6 Å². The summed E-state index contributed by atoms with van der Waals surface area (Å²) in [6.45, 7) is 4.21. The number of benzene rings is 2. The summed E-state index contributed by atoms with van der Waals surface area (Å²) in [5, 5.41) is 5.29. The Morgan fingerprint density at radius 1 is 1.00 bits per heavy atom. The van der Waals surface area contributed by atoms with Crippen molar-refractivity contribution in [3.63, 3.8) is 0 Å². The molecule has 0 bridgehead atoms. The van der Waals surface area contributed by atoms with Crippen molar-refractivity contribution in [3.05, 3.63) is 66.2 Å². The highest BCUT2D eigenvalue weighted by Gasteiger charge is 2.30. The molecule has 138 valence electrons. The Bertz CT molecular complexity index is 871. The topological polar surface area (TPSA) is 87.7 Å². The van der Waals surface area contributed by atoms with Gasteiger partial charge in [-0.2, -0.15) is 0 Å². The highest BCUT2D eigenvalue weighted by Crippen LogP contribution is 2.31. The Balaban J connectivity index is 1.54. The molecule has 7 nitrogen and oxygen atoms in total. The van der Waals surface area contributed by atoms with Gasteiger partial charge in [0.2, 0.25) is 5.91 Å². The predicted octanol–water partition coefficient (Wildman–Crippen LogP) is 3.32. The van der Waals surface area contributed by atoms with Crippen molar-refractivity contribution in [2.75, 3.05) is 24.3 Å². The van der Waals surface area contributed by atoms with Crippen molar-refractivity contribution < 1.29 is 19.1 Å². The number of rotatable bonds is 5. The molecule has 7 heteroatoms. The lowest BCUT2D eigenvalue weighted by Crippen LogP contribution is -2.27. The van der Waals surface area contributed by atoms with Crippen LogP contribution in [0.25, 0.3) is 5.70 Å². The van der Waals surface area contributed by atoms with Gasteiger partial charge in [-0.1, -0.05) is 24.8 Å². The van der Waals surface area contributed by atoms with Crippen molar-refractivity contribution in [2.24, 2.45) is 0 Å². The van der Waals surface area contributed by atoms with Gasteiger partial charge >= 0.3 is 6.09 Å². The van der Waals surface area contributed by atoms with Crippen LogP contribution < -0.4 is 10.6 Å². The molecular weight excluding hydrogens is 346 g/mol. The molecule has 0 aromatic heterocycles. The molecule has 0 saturated heterocycles. The Hall–Kier alpha value is -3.61. The Kier molecular flexibility index (Phi) is 5.21. The van der Waals surface area contributed by atoms with Crippen LogP contribution in [0.4, 0.5) is 16.2 Å². The van der Waals surface area contributed by atoms with Gasteiger partial charge in [0.1, 0.15) is 0 Å². The zero-order valence-corrected chi connectivity index (χ0v) is 14.8. The number of methoxy groups -OCH3 is 1. The monoisotopic (exact) mass is 365 g/mol. The molecule has 0 fully saturated rings. The molecule has 0 saturated carbocycles. The lowest BCUT2D eigenvalue weighted by molar-refractivity contribution is -0.116. The smallest absolute Gasteiger partial charge is 0.411 e. The predicted molar refractivity (Wildman–Crippen MR) is 102 cm³/mol. The minimum absolute atomic E-state index is 0.137.